The minimum Gasteiger partial charge on any atom is -0.485 e. The van der Waals surface area contributed by atoms with Gasteiger partial charge in [0.25, 0.3) is 0 Å². The fraction of sp³-hybridized carbons (Fsp3) is 0.417. The second-order valence-electron chi connectivity index (χ2n) is 3.87. The van der Waals surface area contributed by atoms with Crippen molar-refractivity contribution in [1.29, 1.82) is 0 Å². The summed E-state index contributed by atoms with van der Waals surface area (Å²) in [6.07, 6.45) is 0. The van der Waals surface area contributed by atoms with Gasteiger partial charge in [-0.1, -0.05) is 25.1 Å². The molecule has 0 amide bonds. The largest absolute Gasteiger partial charge is 0.485 e. The average Bonchev–Trinajstić information content (AvgIpc) is 2.81. The van der Waals surface area contributed by atoms with Crippen molar-refractivity contribution in [3.05, 3.63) is 35.7 Å². The van der Waals surface area contributed by atoms with Crippen LogP contribution in [0.5, 0.6) is 5.75 Å². The SMILES string of the molecule is CCNCc1ccccc1OCc1nnn(C)n1. The third-order valence-corrected chi connectivity index (χ3v) is 2.44. The van der Waals surface area contributed by atoms with Gasteiger partial charge in [-0.15, -0.1) is 10.2 Å². The van der Waals surface area contributed by atoms with Crippen LogP contribution in [0, 0.1) is 0 Å². The summed E-state index contributed by atoms with van der Waals surface area (Å²) in [5.41, 5.74) is 1.13. The molecule has 0 saturated heterocycles. The van der Waals surface area contributed by atoms with Gasteiger partial charge in [-0.05, 0) is 17.8 Å². The van der Waals surface area contributed by atoms with Crippen LogP contribution in [-0.2, 0) is 20.2 Å². The number of rotatable bonds is 6. The third-order valence-electron chi connectivity index (χ3n) is 2.44. The Bertz CT molecular complexity index is 497. The molecule has 0 saturated carbocycles. The second-order valence-corrected chi connectivity index (χ2v) is 3.87. The smallest absolute Gasteiger partial charge is 0.212 e. The molecule has 2 aromatic rings. The van der Waals surface area contributed by atoms with Gasteiger partial charge in [-0.25, -0.2) is 0 Å². The second kappa shape index (κ2) is 6.11. The predicted molar refractivity (Wildman–Crippen MR) is 67.0 cm³/mol. The lowest BCUT2D eigenvalue weighted by atomic mass is 10.2. The van der Waals surface area contributed by atoms with Crippen molar-refractivity contribution in [2.24, 2.45) is 7.05 Å². The molecule has 2 rings (SSSR count). The van der Waals surface area contributed by atoms with E-state index in [9.17, 15) is 0 Å². The number of ether oxygens (including phenoxy) is 1. The van der Waals surface area contributed by atoms with Crippen molar-refractivity contribution in [1.82, 2.24) is 25.5 Å². The highest BCUT2D eigenvalue weighted by molar-refractivity contribution is 5.33. The Kier molecular flexibility index (Phi) is 4.25. The number of aromatic nitrogens is 4. The zero-order chi connectivity index (χ0) is 12.8. The Morgan fingerprint density at radius 3 is 2.89 bits per heavy atom. The number of hydrogen-bond acceptors (Lipinski definition) is 5. The van der Waals surface area contributed by atoms with E-state index in [-0.39, 0.29) is 0 Å². The molecule has 0 aliphatic rings. The van der Waals surface area contributed by atoms with Gasteiger partial charge in [-0.2, -0.15) is 4.80 Å². The summed E-state index contributed by atoms with van der Waals surface area (Å²) in [6.45, 7) is 4.13. The van der Waals surface area contributed by atoms with Gasteiger partial charge in [0.1, 0.15) is 5.75 Å². The van der Waals surface area contributed by atoms with Gasteiger partial charge in [0.05, 0.1) is 7.05 Å². The van der Waals surface area contributed by atoms with E-state index in [0.717, 1.165) is 24.4 Å². The number of para-hydroxylation sites is 1. The van der Waals surface area contributed by atoms with Crippen molar-refractivity contribution in [2.75, 3.05) is 6.54 Å². The summed E-state index contributed by atoms with van der Waals surface area (Å²) >= 11 is 0. The Hall–Kier alpha value is -1.95. The van der Waals surface area contributed by atoms with E-state index in [4.69, 9.17) is 4.74 Å². The molecule has 18 heavy (non-hydrogen) atoms. The molecule has 0 radical (unpaired) electrons. The molecule has 0 bridgehead atoms. The number of nitrogens with zero attached hydrogens (tertiary/aromatic N) is 4. The first kappa shape index (κ1) is 12.5. The summed E-state index contributed by atoms with van der Waals surface area (Å²) in [5.74, 6) is 1.43. The summed E-state index contributed by atoms with van der Waals surface area (Å²) in [5, 5.41) is 15.0. The molecular formula is C12H17N5O. The van der Waals surface area contributed by atoms with Crippen molar-refractivity contribution >= 4 is 0 Å². The van der Waals surface area contributed by atoms with Crippen molar-refractivity contribution in [3.63, 3.8) is 0 Å². The highest BCUT2D eigenvalue weighted by atomic mass is 16.5. The minimum absolute atomic E-state index is 0.330. The predicted octanol–water partition coefficient (Wildman–Crippen LogP) is 0.899. The molecule has 0 spiro atoms. The average molecular weight is 247 g/mol. The van der Waals surface area contributed by atoms with Crippen LogP contribution in [0.2, 0.25) is 0 Å². The zero-order valence-electron chi connectivity index (χ0n) is 10.6. The molecule has 1 aromatic carbocycles. The number of tetrazole rings is 1. The topological polar surface area (TPSA) is 64.9 Å². The lowest BCUT2D eigenvalue weighted by molar-refractivity contribution is 0.291. The highest BCUT2D eigenvalue weighted by Gasteiger charge is 2.05. The van der Waals surface area contributed by atoms with E-state index in [1.165, 1.54) is 4.80 Å². The maximum atomic E-state index is 5.72. The molecule has 0 unspecified atom stereocenters. The molecule has 1 N–H and O–H groups in total. The summed E-state index contributed by atoms with van der Waals surface area (Å²) in [4.78, 5) is 1.42. The Morgan fingerprint density at radius 1 is 1.33 bits per heavy atom. The van der Waals surface area contributed by atoms with Crippen LogP contribution >= 0.6 is 0 Å². The van der Waals surface area contributed by atoms with Crippen molar-refractivity contribution in [2.45, 2.75) is 20.1 Å². The molecule has 0 aliphatic carbocycles. The summed E-state index contributed by atoms with van der Waals surface area (Å²) in [7, 11) is 1.73. The molecule has 0 aliphatic heterocycles. The molecule has 6 heteroatoms. The quantitative estimate of drug-likeness (QED) is 0.821. The normalized spacial score (nSPS) is 10.6. The fourth-order valence-corrected chi connectivity index (χ4v) is 1.57. The van der Waals surface area contributed by atoms with Crippen molar-refractivity contribution < 1.29 is 4.74 Å². The minimum atomic E-state index is 0.330. The lowest BCUT2D eigenvalue weighted by Crippen LogP contribution is -2.13. The van der Waals surface area contributed by atoms with E-state index < -0.39 is 0 Å². The molecule has 6 nitrogen and oxygen atoms in total. The zero-order valence-corrected chi connectivity index (χ0v) is 10.6. The van der Waals surface area contributed by atoms with E-state index in [0.29, 0.717) is 12.4 Å². The van der Waals surface area contributed by atoms with E-state index >= 15 is 0 Å². The molecule has 1 heterocycles. The van der Waals surface area contributed by atoms with Gasteiger partial charge in [0.15, 0.2) is 6.61 Å². The standard InChI is InChI=1S/C12H17N5O/c1-3-13-8-10-6-4-5-7-11(10)18-9-12-14-16-17(2)15-12/h4-7,13H,3,8-9H2,1-2H3. The van der Waals surface area contributed by atoms with Gasteiger partial charge < -0.3 is 10.1 Å². The number of aryl methyl sites for hydroxylation is 1. The Morgan fingerprint density at radius 2 is 2.17 bits per heavy atom. The first-order valence-corrected chi connectivity index (χ1v) is 5.94. The van der Waals surface area contributed by atoms with Crippen LogP contribution in [0.3, 0.4) is 0 Å². The molecule has 0 fully saturated rings. The van der Waals surface area contributed by atoms with Crippen LogP contribution in [-0.4, -0.2) is 26.8 Å². The fourth-order valence-electron chi connectivity index (χ4n) is 1.57. The van der Waals surface area contributed by atoms with E-state index in [1.807, 2.05) is 24.3 Å². The monoisotopic (exact) mass is 247 g/mol. The summed E-state index contributed by atoms with van der Waals surface area (Å²) < 4.78 is 5.72. The number of hydrogen-bond donors (Lipinski definition) is 1. The lowest BCUT2D eigenvalue weighted by Gasteiger charge is -2.10. The molecule has 0 atom stereocenters. The maximum Gasteiger partial charge on any atom is 0.212 e. The van der Waals surface area contributed by atoms with Gasteiger partial charge in [-0.3, -0.25) is 0 Å². The molecular weight excluding hydrogens is 230 g/mol. The van der Waals surface area contributed by atoms with Gasteiger partial charge >= 0.3 is 0 Å². The maximum absolute atomic E-state index is 5.72. The van der Waals surface area contributed by atoms with Crippen LogP contribution < -0.4 is 10.1 Å². The summed E-state index contributed by atoms with van der Waals surface area (Å²) in [6, 6.07) is 7.94. The first-order valence-electron chi connectivity index (χ1n) is 5.94. The van der Waals surface area contributed by atoms with E-state index in [2.05, 4.69) is 27.7 Å². The Labute approximate surface area is 106 Å². The van der Waals surface area contributed by atoms with Gasteiger partial charge in [0.2, 0.25) is 5.82 Å². The molecule has 96 valence electrons. The van der Waals surface area contributed by atoms with Crippen molar-refractivity contribution in [3.8, 4) is 5.75 Å². The first-order chi connectivity index (χ1) is 8.79. The van der Waals surface area contributed by atoms with Crippen LogP contribution in [0.25, 0.3) is 0 Å². The van der Waals surface area contributed by atoms with Crippen LogP contribution in [0.15, 0.2) is 24.3 Å². The number of benzene rings is 1. The van der Waals surface area contributed by atoms with Gasteiger partial charge in [0, 0.05) is 12.1 Å². The number of nitrogens with one attached hydrogen (secondary N) is 1. The molecule has 1 aromatic heterocycles. The van der Waals surface area contributed by atoms with Crippen LogP contribution in [0.1, 0.15) is 18.3 Å². The van der Waals surface area contributed by atoms with Crippen LogP contribution in [0.4, 0.5) is 0 Å². The third kappa shape index (κ3) is 3.27. The Balaban J connectivity index is 1.99. The highest BCUT2D eigenvalue weighted by Crippen LogP contribution is 2.18. The van der Waals surface area contributed by atoms with E-state index in [1.54, 1.807) is 7.05 Å².